The Balaban J connectivity index is 2.14. The summed E-state index contributed by atoms with van der Waals surface area (Å²) in [4.78, 5) is 26.4. The van der Waals surface area contributed by atoms with E-state index in [-0.39, 0.29) is 11.8 Å². The predicted octanol–water partition coefficient (Wildman–Crippen LogP) is 2.68. The largest absolute Gasteiger partial charge is 0.325 e. The van der Waals surface area contributed by atoms with Crippen LogP contribution < -0.4 is 10.6 Å². The van der Waals surface area contributed by atoms with Crippen molar-refractivity contribution in [3.63, 3.8) is 0 Å². The Labute approximate surface area is 160 Å². The summed E-state index contributed by atoms with van der Waals surface area (Å²) in [5, 5.41) is 10.2. The molecule has 0 unspecified atom stereocenters. The van der Waals surface area contributed by atoms with Crippen molar-refractivity contribution in [1.82, 2.24) is 14.7 Å². The lowest BCUT2D eigenvalue weighted by Crippen LogP contribution is -2.27. The molecular formula is C20H29N5O2. The summed E-state index contributed by atoms with van der Waals surface area (Å²) in [6.07, 6.45) is 0.827. The van der Waals surface area contributed by atoms with E-state index >= 15 is 0 Å². The maximum Gasteiger partial charge on any atom is 0.273 e. The standard InChI is InChI=1S/C20H29N5O2/c1-13(2)9-16-11-18(25(6)23-16)20(27)22-17-10-15(8-7-14(17)3)21-19(26)12-24(4)5/h7-8,10-11,13H,9,12H2,1-6H3,(H,21,26)(H,22,27). The van der Waals surface area contributed by atoms with E-state index in [2.05, 4.69) is 29.6 Å². The normalized spacial score (nSPS) is 11.1. The Morgan fingerprint density at radius 3 is 2.52 bits per heavy atom. The molecule has 0 spiro atoms. The third kappa shape index (κ3) is 5.92. The zero-order valence-electron chi connectivity index (χ0n) is 17.0. The second-order valence-corrected chi connectivity index (χ2v) is 7.51. The van der Waals surface area contributed by atoms with Crippen LogP contribution >= 0.6 is 0 Å². The second kappa shape index (κ2) is 8.81. The molecular weight excluding hydrogens is 342 g/mol. The summed E-state index contributed by atoms with van der Waals surface area (Å²) >= 11 is 0. The molecule has 2 amide bonds. The van der Waals surface area contributed by atoms with Gasteiger partial charge < -0.3 is 15.5 Å². The maximum atomic E-state index is 12.7. The van der Waals surface area contributed by atoms with Gasteiger partial charge in [0.25, 0.3) is 5.91 Å². The number of nitrogens with one attached hydrogen (secondary N) is 2. The van der Waals surface area contributed by atoms with Crippen molar-refractivity contribution in [2.75, 3.05) is 31.3 Å². The number of aryl methyl sites for hydroxylation is 2. The SMILES string of the molecule is Cc1ccc(NC(=O)CN(C)C)cc1NC(=O)c1cc(CC(C)C)nn1C. The highest BCUT2D eigenvalue weighted by molar-refractivity contribution is 6.04. The first-order chi connectivity index (χ1) is 12.7. The highest BCUT2D eigenvalue weighted by atomic mass is 16.2. The molecule has 0 aliphatic rings. The van der Waals surface area contributed by atoms with Crippen LogP contribution in [0.4, 0.5) is 11.4 Å². The van der Waals surface area contributed by atoms with Crippen LogP contribution in [-0.4, -0.2) is 47.1 Å². The lowest BCUT2D eigenvalue weighted by Gasteiger charge is -2.13. The van der Waals surface area contributed by atoms with Crippen molar-refractivity contribution >= 4 is 23.2 Å². The average Bonchev–Trinajstić information content (AvgIpc) is 2.89. The van der Waals surface area contributed by atoms with Crippen molar-refractivity contribution in [3.05, 3.63) is 41.2 Å². The number of rotatable bonds is 7. The van der Waals surface area contributed by atoms with E-state index in [1.54, 1.807) is 22.7 Å². The molecule has 0 aliphatic carbocycles. The van der Waals surface area contributed by atoms with Crippen LogP contribution in [0.5, 0.6) is 0 Å². The topological polar surface area (TPSA) is 79.3 Å². The Morgan fingerprint density at radius 1 is 1.19 bits per heavy atom. The number of aromatic nitrogens is 2. The molecule has 0 atom stereocenters. The number of likely N-dealkylation sites (N-methyl/N-ethyl adjacent to an activating group) is 1. The third-order valence-corrected chi connectivity index (χ3v) is 4.01. The lowest BCUT2D eigenvalue weighted by atomic mass is 10.1. The zero-order valence-corrected chi connectivity index (χ0v) is 17.0. The van der Waals surface area contributed by atoms with Crippen LogP contribution in [0.1, 0.15) is 35.6 Å². The van der Waals surface area contributed by atoms with Gasteiger partial charge in [-0.15, -0.1) is 0 Å². The molecule has 0 saturated carbocycles. The zero-order chi connectivity index (χ0) is 20.1. The second-order valence-electron chi connectivity index (χ2n) is 7.51. The van der Waals surface area contributed by atoms with Gasteiger partial charge in [-0.3, -0.25) is 14.3 Å². The maximum absolute atomic E-state index is 12.7. The molecule has 7 heteroatoms. The molecule has 1 aromatic heterocycles. The summed E-state index contributed by atoms with van der Waals surface area (Å²) in [5.41, 5.74) is 3.63. The summed E-state index contributed by atoms with van der Waals surface area (Å²) in [6.45, 7) is 6.44. The molecule has 146 valence electrons. The van der Waals surface area contributed by atoms with Crippen molar-refractivity contribution < 1.29 is 9.59 Å². The third-order valence-electron chi connectivity index (χ3n) is 4.01. The highest BCUT2D eigenvalue weighted by Gasteiger charge is 2.15. The summed E-state index contributed by atoms with van der Waals surface area (Å²) in [6, 6.07) is 7.29. The van der Waals surface area contributed by atoms with Crippen molar-refractivity contribution in [2.45, 2.75) is 27.2 Å². The first-order valence-electron chi connectivity index (χ1n) is 9.05. The molecule has 1 aromatic carbocycles. The molecule has 0 bridgehead atoms. The number of nitrogens with zero attached hydrogens (tertiary/aromatic N) is 3. The quantitative estimate of drug-likeness (QED) is 0.784. The number of carbonyl (C=O) groups is 2. The highest BCUT2D eigenvalue weighted by Crippen LogP contribution is 2.21. The first kappa shape index (κ1) is 20.6. The van der Waals surface area contributed by atoms with E-state index in [4.69, 9.17) is 0 Å². The number of amides is 2. The fraction of sp³-hybridized carbons (Fsp3) is 0.450. The van der Waals surface area contributed by atoms with E-state index in [9.17, 15) is 9.59 Å². The molecule has 27 heavy (non-hydrogen) atoms. The smallest absolute Gasteiger partial charge is 0.273 e. The van der Waals surface area contributed by atoms with E-state index in [0.29, 0.717) is 29.5 Å². The number of hydrogen-bond acceptors (Lipinski definition) is 4. The van der Waals surface area contributed by atoms with Gasteiger partial charge in [0.15, 0.2) is 0 Å². The molecule has 1 heterocycles. The number of carbonyl (C=O) groups excluding carboxylic acids is 2. The molecule has 0 radical (unpaired) electrons. The number of anilines is 2. The van der Waals surface area contributed by atoms with Gasteiger partial charge in [0, 0.05) is 18.4 Å². The fourth-order valence-corrected chi connectivity index (χ4v) is 2.77. The number of benzene rings is 1. The molecule has 2 rings (SSSR count). The molecule has 0 saturated heterocycles. The van der Waals surface area contributed by atoms with Gasteiger partial charge in [0.05, 0.1) is 12.2 Å². The minimum atomic E-state index is -0.222. The van der Waals surface area contributed by atoms with Crippen molar-refractivity contribution in [2.24, 2.45) is 13.0 Å². The van der Waals surface area contributed by atoms with Gasteiger partial charge >= 0.3 is 0 Å². The van der Waals surface area contributed by atoms with Crippen molar-refractivity contribution in [3.8, 4) is 0 Å². The van der Waals surface area contributed by atoms with Gasteiger partial charge in [0.1, 0.15) is 5.69 Å². The fourth-order valence-electron chi connectivity index (χ4n) is 2.77. The van der Waals surface area contributed by atoms with Gasteiger partial charge in [0.2, 0.25) is 5.91 Å². The van der Waals surface area contributed by atoms with Crippen LogP contribution in [0, 0.1) is 12.8 Å². The summed E-state index contributed by atoms with van der Waals surface area (Å²) in [5.74, 6) is 0.145. The molecule has 0 fully saturated rings. The van der Waals surface area contributed by atoms with Crippen LogP contribution in [0.3, 0.4) is 0 Å². The first-order valence-corrected chi connectivity index (χ1v) is 9.05. The predicted molar refractivity (Wildman–Crippen MR) is 108 cm³/mol. The summed E-state index contributed by atoms with van der Waals surface area (Å²) in [7, 11) is 5.44. The molecule has 2 N–H and O–H groups in total. The minimum absolute atomic E-state index is 0.105. The van der Waals surface area contributed by atoms with Crippen LogP contribution in [0.2, 0.25) is 0 Å². The van der Waals surface area contributed by atoms with Crippen LogP contribution in [0.15, 0.2) is 24.3 Å². The van der Waals surface area contributed by atoms with Gasteiger partial charge in [-0.05, 0) is 57.1 Å². The Morgan fingerprint density at radius 2 is 1.89 bits per heavy atom. The van der Waals surface area contributed by atoms with E-state index < -0.39 is 0 Å². The van der Waals surface area contributed by atoms with E-state index in [0.717, 1.165) is 17.7 Å². The lowest BCUT2D eigenvalue weighted by molar-refractivity contribution is -0.116. The van der Waals surface area contributed by atoms with E-state index in [1.165, 1.54) is 0 Å². The van der Waals surface area contributed by atoms with Gasteiger partial charge in [-0.25, -0.2) is 0 Å². The minimum Gasteiger partial charge on any atom is -0.325 e. The Hall–Kier alpha value is -2.67. The summed E-state index contributed by atoms with van der Waals surface area (Å²) < 4.78 is 1.60. The monoisotopic (exact) mass is 371 g/mol. The van der Waals surface area contributed by atoms with Gasteiger partial charge in [-0.1, -0.05) is 19.9 Å². The average molecular weight is 371 g/mol. The molecule has 2 aromatic rings. The van der Waals surface area contributed by atoms with E-state index in [1.807, 2.05) is 39.2 Å². The molecule has 7 nitrogen and oxygen atoms in total. The van der Waals surface area contributed by atoms with Crippen molar-refractivity contribution in [1.29, 1.82) is 0 Å². The van der Waals surface area contributed by atoms with Crippen LogP contribution in [0.25, 0.3) is 0 Å². The Kier molecular flexibility index (Phi) is 6.74. The molecule has 0 aliphatic heterocycles. The Bertz CT molecular complexity index is 824. The van der Waals surface area contributed by atoms with Crippen LogP contribution in [-0.2, 0) is 18.3 Å². The van der Waals surface area contributed by atoms with Gasteiger partial charge in [-0.2, -0.15) is 5.10 Å². The number of hydrogen-bond donors (Lipinski definition) is 2.